The van der Waals surface area contributed by atoms with E-state index in [4.69, 9.17) is 14.2 Å². The molecule has 6 heteroatoms. The van der Waals surface area contributed by atoms with E-state index in [2.05, 4.69) is 32.9 Å². The molecule has 1 unspecified atom stereocenters. The lowest BCUT2D eigenvalue weighted by Crippen LogP contribution is -2.30. The van der Waals surface area contributed by atoms with E-state index in [9.17, 15) is 14.4 Å². The lowest BCUT2D eigenvalue weighted by molar-refractivity contribution is -0.167. The number of rotatable bonds is 69. The van der Waals surface area contributed by atoms with Crippen molar-refractivity contribution in [3.63, 3.8) is 0 Å². The van der Waals surface area contributed by atoms with Crippen molar-refractivity contribution in [3.05, 3.63) is 12.2 Å². The molecule has 80 heavy (non-hydrogen) atoms. The zero-order valence-electron chi connectivity index (χ0n) is 54.6. The maximum absolute atomic E-state index is 12.9. The van der Waals surface area contributed by atoms with Crippen LogP contribution in [0.3, 0.4) is 0 Å². The predicted molar refractivity (Wildman–Crippen MR) is 349 cm³/mol. The maximum atomic E-state index is 12.9. The van der Waals surface area contributed by atoms with E-state index in [-0.39, 0.29) is 31.1 Å². The Morgan fingerprint density at radius 3 is 0.637 bits per heavy atom. The van der Waals surface area contributed by atoms with Crippen LogP contribution in [0.2, 0.25) is 0 Å². The minimum Gasteiger partial charge on any atom is -0.462 e. The normalized spacial score (nSPS) is 12.0. The minimum atomic E-state index is -0.769. The molecule has 0 rings (SSSR count). The van der Waals surface area contributed by atoms with Gasteiger partial charge in [0, 0.05) is 19.3 Å². The standard InChI is InChI=1S/C74H142O6/c1-4-7-10-13-16-19-22-25-27-28-29-30-31-32-33-34-35-36-37-38-39-40-41-42-43-44-45-46-47-50-52-55-58-61-64-67-73(76)79-70-71(69-78-72(75)66-63-60-57-54-51-48-24-21-18-15-12-9-6-3)80-74(77)68-65-62-59-56-53-49-26-23-20-17-14-11-8-5-2/h21,24,71H,4-20,22-23,25-70H2,1-3H3/b24-21-. The Morgan fingerprint density at radius 2 is 0.412 bits per heavy atom. The highest BCUT2D eigenvalue weighted by Crippen LogP contribution is 2.19. The summed E-state index contributed by atoms with van der Waals surface area (Å²) in [5.74, 6) is -0.844. The highest BCUT2D eigenvalue weighted by molar-refractivity contribution is 5.71. The van der Waals surface area contributed by atoms with Crippen molar-refractivity contribution < 1.29 is 28.6 Å². The van der Waals surface area contributed by atoms with E-state index in [1.54, 1.807) is 0 Å². The van der Waals surface area contributed by atoms with Gasteiger partial charge in [-0.1, -0.05) is 373 Å². The fourth-order valence-corrected chi connectivity index (χ4v) is 11.5. The summed E-state index contributed by atoms with van der Waals surface area (Å²) in [4.78, 5) is 38.3. The fraction of sp³-hybridized carbons (Fsp3) is 0.932. The molecule has 0 aliphatic rings. The number of carbonyl (C=O) groups is 3. The van der Waals surface area contributed by atoms with Crippen LogP contribution in [0.4, 0.5) is 0 Å². The summed E-state index contributed by atoms with van der Waals surface area (Å²) < 4.78 is 17.0. The van der Waals surface area contributed by atoms with Crippen LogP contribution in [0.15, 0.2) is 12.2 Å². The highest BCUT2D eigenvalue weighted by Gasteiger charge is 2.20. The van der Waals surface area contributed by atoms with Crippen LogP contribution < -0.4 is 0 Å². The van der Waals surface area contributed by atoms with Crippen LogP contribution in [-0.2, 0) is 28.6 Å². The van der Waals surface area contributed by atoms with Crippen LogP contribution in [0.1, 0.15) is 425 Å². The molecule has 0 aromatic heterocycles. The van der Waals surface area contributed by atoms with Gasteiger partial charge in [0.15, 0.2) is 6.10 Å². The number of hydrogen-bond donors (Lipinski definition) is 0. The van der Waals surface area contributed by atoms with Crippen molar-refractivity contribution in [3.8, 4) is 0 Å². The molecule has 0 aliphatic heterocycles. The number of ether oxygens (including phenoxy) is 3. The molecule has 0 saturated carbocycles. The fourth-order valence-electron chi connectivity index (χ4n) is 11.5. The van der Waals surface area contributed by atoms with Gasteiger partial charge in [-0.3, -0.25) is 14.4 Å². The van der Waals surface area contributed by atoms with Gasteiger partial charge in [0.1, 0.15) is 13.2 Å². The van der Waals surface area contributed by atoms with Crippen LogP contribution in [0, 0.1) is 0 Å². The Bertz CT molecular complexity index is 1250. The van der Waals surface area contributed by atoms with Crippen LogP contribution in [0.5, 0.6) is 0 Å². The molecular formula is C74H142O6. The van der Waals surface area contributed by atoms with E-state index in [1.807, 2.05) is 0 Å². The van der Waals surface area contributed by atoms with Gasteiger partial charge in [-0.2, -0.15) is 0 Å². The smallest absolute Gasteiger partial charge is 0.306 e. The van der Waals surface area contributed by atoms with E-state index in [0.29, 0.717) is 19.3 Å². The maximum Gasteiger partial charge on any atom is 0.306 e. The van der Waals surface area contributed by atoms with Gasteiger partial charge in [0.05, 0.1) is 0 Å². The van der Waals surface area contributed by atoms with Gasteiger partial charge in [0.25, 0.3) is 0 Å². The molecule has 0 aromatic rings. The molecular weight excluding hydrogens is 985 g/mol. The SMILES string of the molecule is CCCCCC/C=C\CCCCCCCC(=O)OCC(COC(=O)CCCCCCCCCCCCCCCCCCCCCCCCCCCCCCCCCCCCC)OC(=O)CCCCCCCCCCCCCCCC. The molecule has 0 radical (unpaired) electrons. The predicted octanol–water partition coefficient (Wildman–Crippen LogP) is 25.2. The van der Waals surface area contributed by atoms with E-state index in [0.717, 1.165) is 64.2 Å². The Labute approximate surface area is 501 Å². The number of unbranched alkanes of at least 4 members (excludes halogenated alkanes) is 56. The third-order valence-corrected chi connectivity index (χ3v) is 17.0. The number of esters is 3. The molecule has 0 aromatic carbocycles. The van der Waals surface area contributed by atoms with E-state index < -0.39 is 6.10 Å². The number of allylic oxidation sites excluding steroid dienone is 2. The van der Waals surface area contributed by atoms with Crippen molar-refractivity contribution in [2.45, 2.75) is 431 Å². The zero-order valence-corrected chi connectivity index (χ0v) is 54.6. The van der Waals surface area contributed by atoms with Gasteiger partial charge in [-0.15, -0.1) is 0 Å². The Morgan fingerprint density at radius 1 is 0.237 bits per heavy atom. The van der Waals surface area contributed by atoms with Crippen molar-refractivity contribution in [2.24, 2.45) is 0 Å². The number of hydrogen-bond acceptors (Lipinski definition) is 6. The lowest BCUT2D eigenvalue weighted by atomic mass is 10.0. The summed E-state index contributed by atoms with van der Waals surface area (Å²) >= 11 is 0. The van der Waals surface area contributed by atoms with Crippen molar-refractivity contribution in [2.75, 3.05) is 13.2 Å². The van der Waals surface area contributed by atoms with Crippen LogP contribution in [-0.4, -0.2) is 37.2 Å². The molecule has 1 atom stereocenters. The first-order valence-corrected chi connectivity index (χ1v) is 36.7. The lowest BCUT2D eigenvalue weighted by Gasteiger charge is -2.18. The van der Waals surface area contributed by atoms with E-state index in [1.165, 1.54) is 321 Å². The first-order valence-electron chi connectivity index (χ1n) is 36.7. The van der Waals surface area contributed by atoms with Crippen molar-refractivity contribution in [1.29, 1.82) is 0 Å². The molecule has 0 heterocycles. The third-order valence-electron chi connectivity index (χ3n) is 17.0. The summed E-state index contributed by atoms with van der Waals surface area (Å²) in [6.45, 7) is 6.70. The minimum absolute atomic E-state index is 0.0660. The Balaban J connectivity index is 4.00. The van der Waals surface area contributed by atoms with E-state index >= 15 is 0 Å². The van der Waals surface area contributed by atoms with Gasteiger partial charge in [-0.05, 0) is 44.9 Å². The average molecular weight is 1130 g/mol. The second-order valence-electron chi connectivity index (χ2n) is 25.2. The summed E-state index contributed by atoms with van der Waals surface area (Å²) in [6.07, 6.45) is 84.2. The quantitative estimate of drug-likeness (QED) is 0.0261. The molecule has 6 nitrogen and oxygen atoms in total. The Kier molecular flexibility index (Phi) is 68.0. The summed E-state index contributed by atoms with van der Waals surface area (Å²) in [5, 5.41) is 0. The second-order valence-corrected chi connectivity index (χ2v) is 25.2. The molecule has 0 saturated heterocycles. The van der Waals surface area contributed by atoms with Crippen molar-refractivity contribution in [1.82, 2.24) is 0 Å². The van der Waals surface area contributed by atoms with Gasteiger partial charge < -0.3 is 14.2 Å². The third kappa shape index (κ3) is 66.9. The van der Waals surface area contributed by atoms with Gasteiger partial charge in [0.2, 0.25) is 0 Å². The van der Waals surface area contributed by atoms with Crippen LogP contribution in [0.25, 0.3) is 0 Å². The molecule has 0 spiro atoms. The molecule has 0 fully saturated rings. The highest BCUT2D eigenvalue weighted by atomic mass is 16.6. The first kappa shape index (κ1) is 78.1. The Hall–Kier alpha value is -1.85. The molecule has 0 N–H and O–H groups in total. The summed E-state index contributed by atoms with van der Waals surface area (Å²) in [5.41, 5.74) is 0. The summed E-state index contributed by atoms with van der Waals surface area (Å²) in [7, 11) is 0. The zero-order chi connectivity index (χ0) is 57.8. The van der Waals surface area contributed by atoms with Crippen LogP contribution >= 0.6 is 0 Å². The first-order chi connectivity index (χ1) is 39.5. The summed E-state index contributed by atoms with van der Waals surface area (Å²) in [6, 6.07) is 0. The van der Waals surface area contributed by atoms with Crippen molar-refractivity contribution >= 4 is 17.9 Å². The average Bonchev–Trinajstić information content (AvgIpc) is 3.46. The topological polar surface area (TPSA) is 78.9 Å². The second kappa shape index (κ2) is 69.6. The van der Waals surface area contributed by atoms with Gasteiger partial charge >= 0.3 is 17.9 Å². The number of carbonyl (C=O) groups excluding carboxylic acids is 3. The van der Waals surface area contributed by atoms with Gasteiger partial charge in [-0.25, -0.2) is 0 Å². The monoisotopic (exact) mass is 1130 g/mol. The molecule has 474 valence electrons. The largest absolute Gasteiger partial charge is 0.462 e. The molecule has 0 aliphatic carbocycles. The molecule has 0 amide bonds. The molecule has 0 bridgehead atoms.